The van der Waals surface area contributed by atoms with Gasteiger partial charge in [-0.1, -0.05) is 6.07 Å². The molecular formula is C14H17N3O3S2. The number of aromatic nitrogens is 2. The lowest BCUT2D eigenvalue weighted by Gasteiger charge is -2.22. The summed E-state index contributed by atoms with van der Waals surface area (Å²) >= 11 is 1.24. The lowest BCUT2D eigenvalue weighted by atomic mass is 10.0. The standard InChI is InChI=1S/C14H17N3O3S2/c18-22(19,14-2-1-7-21-14)17-5-6-20-10-12(9-17)8-13-3-4-15-11-16-13/h1-4,7,11-12H,5-6,8-10H2/t12-/m1/s1. The van der Waals surface area contributed by atoms with Crippen molar-refractivity contribution in [2.75, 3.05) is 26.3 Å². The molecule has 8 heteroatoms. The van der Waals surface area contributed by atoms with Crippen molar-refractivity contribution in [1.29, 1.82) is 0 Å². The predicted octanol–water partition coefficient (Wildman–Crippen LogP) is 1.42. The molecule has 0 radical (unpaired) electrons. The van der Waals surface area contributed by atoms with E-state index in [1.807, 2.05) is 6.07 Å². The van der Waals surface area contributed by atoms with Crippen LogP contribution in [0.4, 0.5) is 0 Å². The van der Waals surface area contributed by atoms with E-state index >= 15 is 0 Å². The molecule has 0 aromatic carbocycles. The van der Waals surface area contributed by atoms with Crippen molar-refractivity contribution in [3.63, 3.8) is 0 Å². The zero-order valence-electron chi connectivity index (χ0n) is 12.0. The summed E-state index contributed by atoms with van der Waals surface area (Å²) < 4.78 is 32.8. The van der Waals surface area contributed by atoms with Gasteiger partial charge in [0.15, 0.2) is 0 Å². The zero-order valence-corrected chi connectivity index (χ0v) is 13.6. The van der Waals surface area contributed by atoms with Gasteiger partial charge in [-0.3, -0.25) is 0 Å². The highest BCUT2D eigenvalue weighted by Crippen LogP contribution is 2.23. The van der Waals surface area contributed by atoms with Crippen molar-refractivity contribution >= 4 is 21.4 Å². The number of sulfonamides is 1. The average Bonchev–Trinajstić information content (AvgIpc) is 2.96. The number of nitrogens with zero attached hydrogens (tertiary/aromatic N) is 3. The molecule has 1 aliphatic heterocycles. The van der Waals surface area contributed by atoms with E-state index in [0.717, 1.165) is 5.69 Å². The second-order valence-electron chi connectivity index (χ2n) is 5.14. The fourth-order valence-electron chi connectivity index (χ4n) is 2.46. The molecule has 3 heterocycles. The Morgan fingerprint density at radius 1 is 1.41 bits per heavy atom. The summed E-state index contributed by atoms with van der Waals surface area (Å²) in [6.07, 6.45) is 3.88. The molecule has 2 aromatic heterocycles. The molecular weight excluding hydrogens is 322 g/mol. The van der Waals surface area contributed by atoms with Crippen LogP contribution in [0.15, 0.2) is 40.3 Å². The van der Waals surface area contributed by atoms with Gasteiger partial charge < -0.3 is 4.74 Å². The average molecular weight is 339 g/mol. The maximum absolute atomic E-state index is 12.7. The van der Waals surface area contributed by atoms with Crippen LogP contribution in [0, 0.1) is 5.92 Å². The predicted molar refractivity (Wildman–Crippen MR) is 83.1 cm³/mol. The molecule has 0 aliphatic carbocycles. The molecule has 118 valence electrons. The molecule has 1 saturated heterocycles. The molecule has 0 bridgehead atoms. The third-order valence-electron chi connectivity index (χ3n) is 3.53. The van der Waals surface area contributed by atoms with Gasteiger partial charge in [0.25, 0.3) is 10.0 Å². The summed E-state index contributed by atoms with van der Waals surface area (Å²) in [4.78, 5) is 8.11. The molecule has 0 unspecified atom stereocenters. The van der Waals surface area contributed by atoms with Crippen molar-refractivity contribution < 1.29 is 13.2 Å². The summed E-state index contributed by atoms with van der Waals surface area (Å²) in [6, 6.07) is 5.25. The first kappa shape index (κ1) is 15.5. The van der Waals surface area contributed by atoms with Gasteiger partial charge in [-0.15, -0.1) is 11.3 Å². The van der Waals surface area contributed by atoms with Gasteiger partial charge >= 0.3 is 0 Å². The first-order valence-electron chi connectivity index (χ1n) is 7.02. The van der Waals surface area contributed by atoms with Crippen LogP contribution in [0.2, 0.25) is 0 Å². The number of hydrogen-bond acceptors (Lipinski definition) is 6. The summed E-state index contributed by atoms with van der Waals surface area (Å²) in [5, 5.41) is 1.78. The van der Waals surface area contributed by atoms with Gasteiger partial charge in [-0.05, 0) is 23.9 Å². The summed E-state index contributed by atoms with van der Waals surface area (Å²) in [7, 11) is -3.43. The number of ether oxygens (including phenoxy) is 1. The third kappa shape index (κ3) is 3.52. The van der Waals surface area contributed by atoms with Crippen LogP contribution in [-0.2, 0) is 21.2 Å². The molecule has 0 spiro atoms. The van der Waals surface area contributed by atoms with Crippen LogP contribution in [0.3, 0.4) is 0 Å². The first-order valence-corrected chi connectivity index (χ1v) is 9.34. The normalized spacial score (nSPS) is 20.6. The van der Waals surface area contributed by atoms with Crippen molar-refractivity contribution in [3.8, 4) is 0 Å². The minimum absolute atomic E-state index is 0.0899. The van der Waals surface area contributed by atoms with Crippen LogP contribution in [0.1, 0.15) is 5.69 Å². The maximum Gasteiger partial charge on any atom is 0.252 e. The molecule has 3 rings (SSSR count). The van der Waals surface area contributed by atoms with E-state index in [1.165, 1.54) is 22.0 Å². The van der Waals surface area contributed by atoms with Crippen molar-refractivity contribution in [3.05, 3.63) is 41.8 Å². The van der Waals surface area contributed by atoms with Gasteiger partial charge in [-0.25, -0.2) is 18.4 Å². The Bertz CT molecular complexity index is 689. The van der Waals surface area contributed by atoms with Crippen molar-refractivity contribution in [2.45, 2.75) is 10.6 Å². The summed E-state index contributed by atoms with van der Waals surface area (Å²) in [6.45, 7) is 1.80. The van der Waals surface area contributed by atoms with Crippen LogP contribution < -0.4 is 0 Å². The monoisotopic (exact) mass is 339 g/mol. The molecule has 1 aliphatic rings. The topological polar surface area (TPSA) is 72.4 Å². The van der Waals surface area contributed by atoms with Crippen LogP contribution in [0.5, 0.6) is 0 Å². The number of thiophene rings is 1. The highest BCUT2D eigenvalue weighted by molar-refractivity contribution is 7.91. The van der Waals surface area contributed by atoms with Gasteiger partial charge in [0, 0.05) is 30.9 Å². The second kappa shape index (κ2) is 6.82. The Labute approximate surface area is 133 Å². The Hall–Kier alpha value is -1.35. The number of rotatable bonds is 4. The van der Waals surface area contributed by atoms with E-state index < -0.39 is 10.0 Å². The first-order chi connectivity index (χ1) is 10.7. The highest BCUT2D eigenvalue weighted by atomic mass is 32.2. The minimum atomic E-state index is -3.43. The van der Waals surface area contributed by atoms with Gasteiger partial charge in [0.1, 0.15) is 10.5 Å². The smallest absolute Gasteiger partial charge is 0.252 e. The molecule has 6 nitrogen and oxygen atoms in total. The van der Waals surface area contributed by atoms with Crippen molar-refractivity contribution in [2.24, 2.45) is 5.92 Å². The summed E-state index contributed by atoms with van der Waals surface area (Å²) in [5.41, 5.74) is 0.902. The van der Waals surface area contributed by atoms with Crippen LogP contribution in [-0.4, -0.2) is 49.0 Å². The molecule has 0 N–H and O–H groups in total. The highest BCUT2D eigenvalue weighted by Gasteiger charge is 2.30. The minimum Gasteiger partial charge on any atom is -0.380 e. The van der Waals surface area contributed by atoms with E-state index in [2.05, 4.69) is 9.97 Å². The van der Waals surface area contributed by atoms with E-state index in [-0.39, 0.29) is 5.92 Å². The fourth-order valence-corrected chi connectivity index (χ4v) is 5.11. The van der Waals surface area contributed by atoms with Crippen LogP contribution in [0.25, 0.3) is 0 Å². The van der Waals surface area contributed by atoms with Gasteiger partial charge in [0.2, 0.25) is 0 Å². The Kier molecular flexibility index (Phi) is 4.82. The number of hydrogen-bond donors (Lipinski definition) is 0. The lowest BCUT2D eigenvalue weighted by Crippen LogP contribution is -2.36. The third-order valence-corrected chi connectivity index (χ3v) is 6.77. The second-order valence-corrected chi connectivity index (χ2v) is 8.25. The molecule has 22 heavy (non-hydrogen) atoms. The fraction of sp³-hybridized carbons (Fsp3) is 0.429. The summed E-state index contributed by atoms with van der Waals surface area (Å²) in [5.74, 6) is 0.0899. The van der Waals surface area contributed by atoms with Gasteiger partial charge in [-0.2, -0.15) is 4.31 Å². The lowest BCUT2D eigenvalue weighted by molar-refractivity contribution is 0.122. The van der Waals surface area contributed by atoms with E-state index in [1.54, 1.807) is 23.7 Å². The molecule has 1 atom stereocenters. The molecule has 0 saturated carbocycles. The zero-order chi connectivity index (χ0) is 15.4. The van der Waals surface area contributed by atoms with E-state index in [9.17, 15) is 8.42 Å². The molecule has 2 aromatic rings. The SMILES string of the molecule is O=S(=O)(c1cccs1)N1CCOC[C@H](Cc2ccncn2)C1. The van der Waals surface area contributed by atoms with E-state index in [4.69, 9.17) is 4.74 Å². The molecule has 0 amide bonds. The maximum atomic E-state index is 12.7. The van der Waals surface area contributed by atoms with Crippen molar-refractivity contribution in [1.82, 2.24) is 14.3 Å². The van der Waals surface area contributed by atoms with Gasteiger partial charge in [0.05, 0.1) is 13.2 Å². The molecule has 1 fully saturated rings. The van der Waals surface area contributed by atoms with Crippen LogP contribution >= 0.6 is 11.3 Å². The van der Waals surface area contributed by atoms with E-state index in [0.29, 0.717) is 36.9 Å². The largest absolute Gasteiger partial charge is 0.380 e. The Morgan fingerprint density at radius 3 is 3.05 bits per heavy atom. The Balaban J connectivity index is 1.76. The quantitative estimate of drug-likeness (QED) is 0.842. The Morgan fingerprint density at radius 2 is 2.32 bits per heavy atom.